The van der Waals surface area contributed by atoms with Crippen molar-refractivity contribution in [3.05, 3.63) is 50.2 Å². The van der Waals surface area contributed by atoms with E-state index in [1.807, 2.05) is 24.3 Å². The Morgan fingerprint density at radius 3 is 2.83 bits per heavy atom. The fraction of sp³-hybridized carbons (Fsp3) is 0.0769. The minimum atomic E-state index is -0.154. The van der Waals surface area contributed by atoms with Gasteiger partial charge in [-0.3, -0.25) is 9.20 Å². The number of imidazole rings is 1. The van der Waals surface area contributed by atoms with Gasteiger partial charge in [-0.1, -0.05) is 12.1 Å². The summed E-state index contributed by atoms with van der Waals surface area (Å²) in [4.78, 5) is 15.4. The summed E-state index contributed by atoms with van der Waals surface area (Å²) in [6.45, 7) is 1.76. The van der Waals surface area contributed by atoms with Crippen LogP contribution >= 0.6 is 15.9 Å². The maximum atomic E-state index is 12.3. The number of nitrogens with one attached hydrogen (secondary N) is 1. The Hall–Kier alpha value is -2.06. The van der Waals surface area contributed by atoms with Crippen molar-refractivity contribution in [1.82, 2.24) is 9.38 Å². The Bertz CT molecular complexity index is 883. The van der Waals surface area contributed by atoms with Crippen molar-refractivity contribution in [3.63, 3.8) is 0 Å². The first kappa shape index (κ1) is 11.1. The lowest BCUT2D eigenvalue weighted by Crippen LogP contribution is -2.16. The highest BCUT2D eigenvalue weighted by Crippen LogP contribution is 2.23. The Balaban J connectivity index is 2.74. The fourth-order valence-electron chi connectivity index (χ4n) is 2.15. The monoisotopic (exact) mass is 301 g/mol. The van der Waals surface area contributed by atoms with Crippen LogP contribution in [0.15, 0.2) is 33.5 Å². The number of H-pyrrole nitrogens is 1. The van der Waals surface area contributed by atoms with Gasteiger partial charge in [-0.2, -0.15) is 5.26 Å². The summed E-state index contributed by atoms with van der Waals surface area (Å²) >= 11 is 3.26. The third-order valence-electron chi connectivity index (χ3n) is 3.07. The van der Waals surface area contributed by atoms with Crippen molar-refractivity contribution in [1.29, 1.82) is 5.26 Å². The summed E-state index contributed by atoms with van der Waals surface area (Å²) in [5.41, 5.74) is 3.15. The van der Waals surface area contributed by atoms with Crippen LogP contribution < -0.4 is 5.56 Å². The second kappa shape index (κ2) is 3.72. The van der Waals surface area contributed by atoms with Gasteiger partial charge < -0.3 is 4.98 Å². The molecule has 0 saturated heterocycles. The molecule has 5 heteroatoms. The van der Waals surface area contributed by atoms with E-state index in [1.165, 1.54) is 4.40 Å². The summed E-state index contributed by atoms with van der Waals surface area (Å²) in [5.74, 6) is 0. The predicted octanol–water partition coefficient (Wildman–Crippen LogP) is 2.72. The van der Waals surface area contributed by atoms with E-state index in [0.717, 1.165) is 11.0 Å². The molecule has 0 unspecified atom stereocenters. The number of benzene rings is 1. The molecule has 88 valence electrons. The molecule has 0 aliphatic heterocycles. The van der Waals surface area contributed by atoms with Crippen LogP contribution in [0.3, 0.4) is 0 Å². The van der Waals surface area contributed by atoms with Gasteiger partial charge in [0.1, 0.15) is 11.7 Å². The fourth-order valence-corrected chi connectivity index (χ4v) is 2.52. The molecule has 0 fully saturated rings. The number of rotatable bonds is 0. The van der Waals surface area contributed by atoms with E-state index in [1.54, 1.807) is 6.92 Å². The van der Waals surface area contributed by atoms with Crippen LogP contribution in [-0.4, -0.2) is 9.38 Å². The number of fused-ring (bicyclic) bond motifs is 3. The lowest BCUT2D eigenvalue weighted by molar-refractivity contribution is 1.10. The molecule has 0 radical (unpaired) electrons. The minimum Gasteiger partial charge on any atom is -0.338 e. The van der Waals surface area contributed by atoms with Crippen LogP contribution in [0.2, 0.25) is 0 Å². The number of hydrogen-bond donors (Lipinski definition) is 1. The van der Waals surface area contributed by atoms with Gasteiger partial charge in [-0.15, -0.1) is 0 Å². The molecule has 4 nitrogen and oxygen atoms in total. The zero-order valence-corrected chi connectivity index (χ0v) is 11.1. The van der Waals surface area contributed by atoms with Crippen LogP contribution in [-0.2, 0) is 0 Å². The number of nitriles is 1. The van der Waals surface area contributed by atoms with Crippen molar-refractivity contribution in [2.45, 2.75) is 6.92 Å². The molecule has 18 heavy (non-hydrogen) atoms. The van der Waals surface area contributed by atoms with Crippen LogP contribution in [0.25, 0.3) is 16.7 Å². The molecule has 2 heterocycles. The number of aromatic amines is 1. The summed E-state index contributed by atoms with van der Waals surface area (Å²) in [5, 5.41) is 9.25. The number of aromatic nitrogens is 2. The maximum Gasteiger partial charge on any atom is 0.271 e. The second-order valence-corrected chi connectivity index (χ2v) is 4.85. The van der Waals surface area contributed by atoms with E-state index < -0.39 is 0 Å². The molecule has 1 N–H and O–H groups in total. The van der Waals surface area contributed by atoms with Gasteiger partial charge in [0.2, 0.25) is 0 Å². The highest BCUT2D eigenvalue weighted by Gasteiger charge is 2.16. The first-order valence-electron chi connectivity index (χ1n) is 5.36. The molecule has 0 atom stereocenters. The Kier molecular flexibility index (Phi) is 2.28. The van der Waals surface area contributed by atoms with E-state index >= 15 is 0 Å². The molecule has 2 aromatic heterocycles. The number of pyridine rings is 1. The first-order valence-corrected chi connectivity index (χ1v) is 6.16. The van der Waals surface area contributed by atoms with Gasteiger partial charge in [-0.05, 0) is 40.5 Å². The average molecular weight is 302 g/mol. The minimum absolute atomic E-state index is 0.154. The van der Waals surface area contributed by atoms with Crippen LogP contribution in [0, 0.1) is 18.3 Å². The van der Waals surface area contributed by atoms with Crippen LogP contribution in [0.5, 0.6) is 0 Å². The highest BCUT2D eigenvalue weighted by molar-refractivity contribution is 9.10. The van der Waals surface area contributed by atoms with E-state index in [2.05, 4.69) is 27.0 Å². The Morgan fingerprint density at radius 1 is 1.39 bits per heavy atom. The summed E-state index contributed by atoms with van der Waals surface area (Å²) in [6.07, 6.45) is 0. The Morgan fingerprint density at radius 2 is 2.11 bits per heavy atom. The SMILES string of the molecule is Cc1c(Br)c(=O)n2c([nH]c3ccccc32)c1C#N. The van der Waals surface area contributed by atoms with E-state index in [0.29, 0.717) is 21.2 Å². The molecule has 0 aliphatic carbocycles. The molecule has 0 aliphatic rings. The van der Waals surface area contributed by atoms with Gasteiger partial charge in [-0.25, -0.2) is 0 Å². The Labute approximate surface area is 111 Å². The van der Waals surface area contributed by atoms with Crippen molar-refractivity contribution in [2.24, 2.45) is 0 Å². The predicted molar refractivity (Wildman–Crippen MR) is 72.7 cm³/mol. The summed E-state index contributed by atoms with van der Waals surface area (Å²) in [6, 6.07) is 9.63. The molecule has 0 spiro atoms. The van der Waals surface area contributed by atoms with Gasteiger partial charge in [0.25, 0.3) is 5.56 Å². The van der Waals surface area contributed by atoms with E-state index in [9.17, 15) is 10.1 Å². The standard InChI is InChI=1S/C13H8BrN3O/c1-7-8(6-15)12-16-9-4-2-3-5-10(9)17(12)13(18)11(7)14/h2-5,16H,1H3. The molecular formula is C13H8BrN3O. The lowest BCUT2D eigenvalue weighted by Gasteiger charge is -2.03. The molecular weight excluding hydrogens is 294 g/mol. The van der Waals surface area contributed by atoms with Crippen molar-refractivity contribution in [3.8, 4) is 6.07 Å². The van der Waals surface area contributed by atoms with Crippen molar-refractivity contribution < 1.29 is 0 Å². The zero-order chi connectivity index (χ0) is 12.9. The highest BCUT2D eigenvalue weighted by atomic mass is 79.9. The quantitative estimate of drug-likeness (QED) is 0.694. The average Bonchev–Trinajstić information content (AvgIpc) is 2.76. The molecule has 0 amide bonds. The summed E-state index contributed by atoms with van der Waals surface area (Å²) < 4.78 is 1.96. The third kappa shape index (κ3) is 1.27. The first-order chi connectivity index (χ1) is 8.65. The smallest absolute Gasteiger partial charge is 0.271 e. The number of hydrogen-bond acceptors (Lipinski definition) is 2. The maximum absolute atomic E-state index is 12.3. The van der Waals surface area contributed by atoms with Crippen LogP contribution in [0.4, 0.5) is 0 Å². The van der Waals surface area contributed by atoms with Crippen molar-refractivity contribution in [2.75, 3.05) is 0 Å². The molecule has 3 rings (SSSR count). The summed E-state index contributed by atoms with van der Waals surface area (Å²) in [7, 11) is 0. The van der Waals surface area contributed by atoms with Gasteiger partial charge in [0.05, 0.1) is 21.1 Å². The number of nitrogens with zero attached hydrogens (tertiary/aromatic N) is 2. The van der Waals surface area contributed by atoms with Gasteiger partial charge in [0, 0.05) is 0 Å². The molecule has 0 saturated carbocycles. The van der Waals surface area contributed by atoms with Gasteiger partial charge in [0.15, 0.2) is 0 Å². The van der Waals surface area contributed by atoms with E-state index in [4.69, 9.17) is 0 Å². The number of para-hydroxylation sites is 2. The largest absolute Gasteiger partial charge is 0.338 e. The third-order valence-corrected chi connectivity index (χ3v) is 4.00. The second-order valence-electron chi connectivity index (χ2n) is 4.06. The van der Waals surface area contributed by atoms with E-state index in [-0.39, 0.29) is 5.56 Å². The zero-order valence-electron chi connectivity index (χ0n) is 9.49. The van der Waals surface area contributed by atoms with Crippen LogP contribution in [0.1, 0.15) is 11.1 Å². The molecule has 3 aromatic rings. The van der Waals surface area contributed by atoms with Gasteiger partial charge >= 0.3 is 0 Å². The molecule has 0 bridgehead atoms. The van der Waals surface area contributed by atoms with Crippen molar-refractivity contribution >= 4 is 32.6 Å². The number of halogens is 1. The normalized spacial score (nSPS) is 10.9. The lowest BCUT2D eigenvalue weighted by atomic mass is 10.1. The topological polar surface area (TPSA) is 61.1 Å². The molecule has 1 aromatic carbocycles.